The molecule has 1 unspecified atom stereocenters. The molecule has 1 aromatic rings. The number of hydrogen-bond acceptors (Lipinski definition) is 2. The van der Waals surface area contributed by atoms with Gasteiger partial charge in [0.2, 0.25) is 0 Å². The Bertz CT molecular complexity index is 409. The number of benzene rings is 1. The molecule has 0 N–H and O–H groups in total. The fraction of sp³-hybridized carbons (Fsp3) is 0.500. The first-order chi connectivity index (χ1) is 8.17. The second kappa shape index (κ2) is 6.51. The second-order valence-electron chi connectivity index (χ2n) is 4.14. The number of alkyl halides is 1. The molecule has 0 aliphatic carbocycles. The van der Waals surface area contributed by atoms with E-state index < -0.39 is 0 Å². The topological polar surface area (TPSA) is 27.0 Å². The van der Waals surface area contributed by atoms with Gasteiger partial charge >= 0.3 is 0 Å². The summed E-state index contributed by atoms with van der Waals surface area (Å²) >= 11 is 5.79. The van der Waals surface area contributed by atoms with Crippen molar-refractivity contribution in [2.24, 2.45) is 0 Å². The molecule has 0 aliphatic heterocycles. The van der Waals surface area contributed by atoms with Gasteiger partial charge in [-0.3, -0.25) is 0 Å². The van der Waals surface area contributed by atoms with E-state index in [1.807, 2.05) is 18.2 Å². The van der Waals surface area contributed by atoms with Gasteiger partial charge in [0, 0.05) is 18.5 Å². The van der Waals surface area contributed by atoms with Crippen molar-refractivity contribution in [2.75, 3.05) is 11.4 Å². The second-order valence-corrected chi connectivity index (χ2v) is 4.41. The normalized spacial score (nSPS) is 11.9. The van der Waals surface area contributed by atoms with Crippen molar-refractivity contribution in [2.45, 2.75) is 39.1 Å². The molecule has 0 bridgehead atoms. The average molecular weight is 251 g/mol. The van der Waals surface area contributed by atoms with E-state index in [1.54, 1.807) is 0 Å². The molecule has 92 valence electrons. The lowest BCUT2D eigenvalue weighted by Crippen LogP contribution is -2.32. The van der Waals surface area contributed by atoms with E-state index in [9.17, 15) is 5.26 Å². The lowest BCUT2D eigenvalue weighted by Gasteiger charge is -2.30. The molecule has 0 aromatic heterocycles. The summed E-state index contributed by atoms with van der Waals surface area (Å²) in [5.41, 5.74) is 2.72. The fourth-order valence-electron chi connectivity index (χ4n) is 1.95. The molecule has 0 saturated heterocycles. The van der Waals surface area contributed by atoms with E-state index in [2.05, 4.69) is 31.7 Å². The summed E-state index contributed by atoms with van der Waals surface area (Å²) in [4.78, 5) is 2.26. The van der Waals surface area contributed by atoms with Crippen LogP contribution in [-0.4, -0.2) is 12.6 Å². The van der Waals surface area contributed by atoms with Crippen LogP contribution in [0, 0.1) is 11.3 Å². The highest BCUT2D eigenvalue weighted by Gasteiger charge is 2.14. The Labute approximate surface area is 109 Å². The highest BCUT2D eigenvalue weighted by molar-refractivity contribution is 6.17. The fourth-order valence-corrected chi connectivity index (χ4v) is 2.11. The van der Waals surface area contributed by atoms with E-state index in [4.69, 9.17) is 11.6 Å². The van der Waals surface area contributed by atoms with Crippen LogP contribution in [0.25, 0.3) is 0 Å². The molecule has 1 aromatic carbocycles. The monoisotopic (exact) mass is 250 g/mol. The Kier molecular flexibility index (Phi) is 5.31. The average Bonchev–Trinajstić information content (AvgIpc) is 2.39. The van der Waals surface area contributed by atoms with Crippen molar-refractivity contribution in [3.63, 3.8) is 0 Å². The summed E-state index contributed by atoms with van der Waals surface area (Å²) in [5.74, 6) is 0.449. The largest absolute Gasteiger partial charge is 0.368 e. The van der Waals surface area contributed by atoms with Gasteiger partial charge in [-0.15, -0.1) is 11.6 Å². The van der Waals surface area contributed by atoms with Crippen LogP contribution in [0.3, 0.4) is 0 Å². The molecular formula is C14H19ClN2. The minimum absolute atomic E-state index is 0.439. The Morgan fingerprint density at radius 1 is 1.41 bits per heavy atom. The molecule has 0 aliphatic rings. The maximum absolute atomic E-state index is 9.22. The van der Waals surface area contributed by atoms with E-state index in [0.29, 0.717) is 17.5 Å². The Hall–Kier alpha value is -1.20. The zero-order valence-corrected chi connectivity index (χ0v) is 11.5. The number of hydrogen-bond donors (Lipinski definition) is 0. The van der Waals surface area contributed by atoms with Crippen molar-refractivity contribution >= 4 is 17.3 Å². The first-order valence-corrected chi connectivity index (χ1v) is 6.56. The van der Waals surface area contributed by atoms with Gasteiger partial charge in [-0.05, 0) is 38.0 Å². The molecule has 1 atom stereocenters. The standard InChI is InChI=1S/C14H19ClN2/c1-4-11(3)17(5-2)14-7-6-12(9-15)8-13(14)10-16/h6-8,11H,4-5,9H2,1-3H3. The number of anilines is 1. The molecule has 2 nitrogen and oxygen atoms in total. The van der Waals surface area contributed by atoms with Gasteiger partial charge in [-0.1, -0.05) is 13.0 Å². The Morgan fingerprint density at radius 3 is 2.59 bits per heavy atom. The molecule has 1 rings (SSSR count). The Morgan fingerprint density at radius 2 is 2.12 bits per heavy atom. The highest BCUT2D eigenvalue weighted by atomic mass is 35.5. The number of rotatable bonds is 5. The zero-order chi connectivity index (χ0) is 12.8. The van der Waals surface area contributed by atoms with Crippen molar-refractivity contribution in [3.05, 3.63) is 29.3 Å². The third-order valence-corrected chi connectivity index (χ3v) is 3.42. The van der Waals surface area contributed by atoms with Crippen molar-refractivity contribution < 1.29 is 0 Å². The van der Waals surface area contributed by atoms with Gasteiger partial charge in [-0.25, -0.2) is 0 Å². The summed E-state index contributed by atoms with van der Waals surface area (Å²) in [6.07, 6.45) is 1.07. The number of halogens is 1. The van der Waals surface area contributed by atoms with Gasteiger partial charge in [0.25, 0.3) is 0 Å². The van der Waals surface area contributed by atoms with E-state index in [0.717, 1.165) is 24.2 Å². The SMILES string of the molecule is CCC(C)N(CC)c1ccc(CCl)cc1C#N. The van der Waals surface area contributed by atoms with Crippen LogP contribution in [-0.2, 0) is 5.88 Å². The van der Waals surface area contributed by atoms with Gasteiger partial charge < -0.3 is 4.90 Å². The molecule has 0 saturated carbocycles. The summed E-state index contributed by atoms with van der Waals surface area (Å²) < 4.78 is 0. The summed E-state index contributed by atoms with van der Waals surface area (Å²) in [7, 11) is 0. The van der Waals surface area contributed by atoms with Crippen LogP contribution >= 0.6 is 11.6 Å². The quantitative estimate of drug-likeness (QED) is 0.741. The summed E-state index contributed by atoms with van der Waals surface area (Å²) in [5, 5.41) is 9.22. The molecular weight excluding hydrogens is 232 g/mol. The van der Waals surface area contributed by atoms with Crippen LogP contribution < -0.4 is 4.90 Å². The highest BCUT2D eigenvalue weighted by Crippen LogP contribution is 2.24. The number of nitrogens with zero attached hydrogens (tertiary/aromatic N) is 2. The molecule has 0 amide bonds. The van der Waals surface area contributed by atoms with Gasteiger partial charge in [-0.2, -0.15) is 5.26 Å². The van der Waals surface area contributed by atoms with Gasteiger partial charge in [0.1, 0.15) is 6.07 Å². The first kappa shape index (κ1) is 13.9. The van der Waals surface area contributed by atoms with E-state index in [1.165, 1.54) is 0 Å². The first-order valence-electron chi connectivity index (χ1n) is 6.03. The van der Waals surface area contributed by atoms with Crippen LogP contribution in [0.15, 0.2) is 18.2 Å². The molecule has 0 spiro atoms. The van der Waals surface area contributed by atoms with Crippen LogP contribution in [0.5, 0.6) is 0 Å². The summed E-state index contributed by atoms with van der Waals surface area (Å²) in [6.45, 7) is 7.36. The molecule has 0 heterocycles. The molecule has 3 heteroatoms. The molecule has 17 heavy (non-hydrogen) atoms. The maximum atomic E-state index is 9.22. The van der Waals surface area contributed by atoms with Gasteiger partial charge in [0.15, 0.2) is 0 Å². The zero-order valence-electron chi connectivity index (χ0n) is 10.7. The van der Waals surface area contributed by atoms with Crippen molar-refractivity contribution in [1.82, 2.24) is 0 Å². The van der Waals surface area contributed by atoms with Crippen LogP contribution in [0.1, 0.15) is 38.3 Å². The smallest absolute Gasteiger partial charge is 0.101 e. The summed E-state index contributed by atoms with van der Waals surface area (Å²) in [6, 6.07) is 8.59. The van der Waals surface area contributed by atoms with Crippen molar-refractivity contribution in [1.29, 1.82) is 5.26 Å². The van der Waals surface area contributed by atoms with E-state index in [-0.39, 0.29) is 0 Å². The number of nitriles is 1. The molecule has 0 fully saturated rings. The van der Waals surface area contributed by atoms with Crippen LogP contribution in [0.2, 0.25) is 0 Å². The molecule has 0 radical (unpaired) electrons. The predicted octanol–water partition coefficient (Wildman–Crippen LogP) is 3.92. The van der Waals surface area contributed by atoms with E-state index >= 15 is 0 Å². The van der Waals surface area contributed by atoms with Crippen LogP contribution in [0.4, 0.5) is 5.69 Å². The maximum Gasteiger partial charge on any atom is 0.101 e. The third-order valence-electron chi connectivity index (χ3n) is 3.11. The predicted molar refractivity (Wildman–Crippen MR) is 73.5 cm³/mol. The minimum Gasteiger partial charge on any atom is -0.368 e. The minimum atomic E-state index is 0.439. The lowest BCUT2D eigenvalue weighted by molar-refractivity contribution is 0.629. The van der Waals surface area contributed by atoms with Crippen molar-refractivity contribution in [3.8, 4) is 6.07 Å². The Balaban J connectivity index is 3.16. The van der Waals surface area contributed by atoms with Gasteiger partial charge in [0.05, 0.1) is 11.3 Å². The third kappa shape index (κ3) is 3.14. The lowest BCUT2D eigenvalue weighted by atomic mass is 10.1.